The number of aliphatic carboxylic acids is 1. The van der Waals surface area contributed by atoms with Crippen molar-refractivity contribution in [3.8, 4) is 0 Å². The molecule has 1 aromatic heterocycles. The maximum atomic E-state index is 12.2. The van der Waals surface area contributed by atoms with E-state index in [-0.39, 0.29) is 30.1 Å². The Hall–Kier alpha value is -4.27. The average molecular weight is 593 g/mol. The van der Waals surface area contributed by atoms with Gasteiger partial charge in [0.1, 0.15) is 6.04 Å². The second-order valence-electron chi connectivity index (χ2n) is 9.85. The zero-order valence-corrected chi connectivity index (χ0v) is 25.6. The van der Waals surface area contributed by atoms with Crippen LogP contribution in [0, 0.1) is 12.1 Å². The standard InChI is InChI=1S/C34H48N4O5/c1-3-4-5-6-7-8-9-10-11-12-13-14-15-16-17-18-19-20-21-25-31(39)37-30(34(41)42)24-22-23-26-36-33(40)32-29(2)38(43)28-27-35-32/h4-5,7-8,10-11,13-14,16-17,19-20,27-28,30H,3,6,9,12,15,18,21-26H2,1-2H3,(H,36,40)(H,37,39)(H,41,42)/b5-4-,8-7-,11-10-,14-13-,17-16-,20-19-. The van der Waals surface area contributed by atoms with Gasteiger partial charge >= 0.3 is 5.97 Å². The van der Waals surface area contributed by atoms with Crippen LogP contribution in [-0.4, -0.2) is 40.5 Å². The van der Waals surface area contributed by atoms with E-state index in [1.807, 2.05) is 12.2 Å². The Bertz CT molecular complexity index is 1150. The molecule has 0 bridgehead atoms. The van der Waals surface area contributed by atoms with Gasteiger partial charge in [0, 0.05) is 19.9 Å². The van der Waals surface area contributed by atoms with E-state index in [2.05, 4.69) is 83.3 Å². The third-order valence-electron chi connectivity index (χ3n) is 6.27. The molecule has 0 aliphatic rings. The number of amides is 2. The van der Waals surface area contributed by atoms with Gasteiger partial charge in [-0.2, -0.15) is 4.73 Å². The van der Waals surface area contributed by atoms with Crippen molar-refractivity contribution >= 4 is 17.8 Å². The molecule has 0 aromatic carbocycles. The van der Waals surface area contributed by atoms with Gasteiger partial charge in [-0.15, -0.1) is 0 Å². The number of allylic oxidation sites excluding steroid dienone is 12. The van der Waals surface area contributed by atoms with E-state index < -0.39 is 17.9 Å². The molecule has 0 saturated carbocycles. The lowest BCUT2D eigenvalue weighted by Gasteiger charge is -2.14. The molecule has 9 nitrogen and oxygen atoms in total. The van der Waals surface area contributed by atoms with E-state index in [0.717, 1.165) is 38.5 Å². The number of hydrogen-bond acceptors (Lipinski definition) is 5. The van der Waals surface area contributed by atoms with Crippen molar-refractivity contribution < 1.29 is 24.2 Å². The molecule has 1 unspecified atom stereocenters. The summed E-state index contributed by atoms with van der Waals surface area (Å²) in [7, 11) is 0. The molecule has 0 spiro atoms. The highest BCUT2D eigenvalue weighted by atomic mass is 16.5. The fourth-order valence-electron chi connectivity index (χ4n) is 3.84. The number of carboxylic acid groups (broad SMARTS) is 1. The summed E-state index contributed by atoms with van der Waals surface area (Å²) in [5.41, 5.74) is 0.262. The topological polar surface area (TPSA) is 135 Å². The highest BCUT2D eigenvalue weighted by Gasteiger charge is 2.19. The van der Waals surface area contributed by atoms with Crippen LogP contribution in [0.1, 0.15) is 93.7 Å². The molecule has 9 heteroatoms. The number of carbonyl (C=O) groups excluding carboxylic acids is 2. The van der Waals surface area contributed by atoms with E-state index in [1.165, 1.54) is 19.3 Å². The largest absolute Gasteiger partial charge is 0.618 e. The molecule has 234 valence electrons. The molecule has 3 N–H and O–H groups in total. The minimum atomic E-state index is -1.09. The number of unbranched alkanes of at least 4 members (excludes halogenated alkanes) is 1. The molecule has 43 heavy (non-hydrogen) atoms. The Morgan fingerprint density at radius 2 is 1.42 bits per heavy atom. The SMILES string of the molecule is CC/C=C\C/C=C\C/C=C\C/C=C\C/C=C\C/C=C\CCC(=O)NC(CCCCNC(=O)c1ncc[n+]([O-])c1C)C(=O)O. The number of nitrogens with one attached hydrogen (secondary N) is 2. The molecule has 2 amide bonds. The van der Waals surface area contributed by atoms with Crippen LogP contribution in [0.25, 0.3) is 0 Å². The summed E-state index contributed by atoms with van der Waals surface area (Å²) in [5.74, 6) is -1.85. The zero-order valence-electron chi connectivity index (χ0n) is 25.6. The molecule has 0 radical (unpaired) electrons. The molecule has 0 aliphatic heterocycles. The lowest BCUT2D eigenvalue weighted by atomic mass is 10.1. The van der Waals surface area contributed by atoms with Crippen LogP contribution in [0.15, 0.2) is 85.3 Å². The summed E-state index contributed by atoms with van der Waals surface area (Å²) in [4.78, 5) is 39.9. The van der Waals surface area contributed by atoms with Gasteiger partial charge in [-0.05, 0) is 64.2 Å². The first kappa shape index (κ1) is 36.8. The number of rotatable bonds is 22. The van der Waals surface area contributed by atoms with Gasteiger partial charge in [0.25, 0.3) is 5.91 Å². The first-order valence-electron chi connectivity index (χ1n) is 15.1. The third-order valence-corrected chi connectivity index (χ3v) is 6.27. The predicted molar refractivity (Wildman–Crippen MR) is 171 cm³/mol. The Morgan fingerprint density at radius 3 is 1.95 bits per heavy atom. The fraction of sp³-hybridized carbons (Fsp3) is 0.441. The van der Waals surface area contributed by atoms with Gasteiger partial charge in [-0.25, -0.2) is 9.78 Å². The molecule has 1 atom stereocenters. The highest BCUT2D eigenvalue weighted by Crippen LogP contribution is 2.04. The third kappa shape index (κ3) is 18.7. The highest BCUT2D eigenvalue weighted by molar-refractivity contribution is 5.92. The molecule has 0 saturated heterocycles. The summed E-state index contributed by atoms with van der Waals surface area (Å²) >= 11 is 0. The number of carbonyl (C=O) groups is 3. The van der Waals surface area contributed by atoms with E-state index in [9.17, 15) is 24.7 Å². The van der Waals surface area contributed by atoms with Crippen molar-refractivity contribution in [2.75, 3.05) is 6.54 Å². The molecule has 1 heterocycles. The van der Waals surface area contributed by atoms with Crippen LogP contribution in [0.2, 0.25) is 0 Å². The lowest BCUT2D eigenvalue weighted by molar-refractivity contribution is -0.613. The van der Waals surface area contributed by atoms with Crippen molar-refractivity contribution in [3.63, 3.8) is 0 Å². The Morgan fingerprint density at radius 1 is 0.884 bits per heavy atom. The molecule has 0 fully saturated rings. The van der Waals surface area contributed by atoms with Crippen LogP contribution < -0.4 is 15.4 Å². The number of nitrogens with zero attached hydrogens (tertiary/aromatic N) is 2. The van der Waals surface area contributed by atoms with Gasteiger partial charge < -0.3 is 20.9 Å². The fourth-order valence-corrected chi connectivity index (χ4v) is 3.84. The van der Waals surface area contributed by atoms with Crippen LogP contribution >= 0.6 is 0 Å². The molecule has 1 rings (SSSR count). The van der Waals surface area contributed by atoms with Gasteiger partial charge in [0.2, 0.25) is 11.6 Å². The minimum absolute atomic E-state index is 0.0556. The van der Waals surface area contributed by atoms with Crippen molar-refractivity contribution in [2.24, 2.45) is 0 Å². The number of carboxylic acids is 1. The van der Waals surface area contributed by atoms with Gasteiger partial charge in [0.05, 0.1) is 6.20 Å². The van der Waals surface area contributed by atoms with E-state index in [4.69, 9.17) is 0 Å². The van der Waals surface area contributed by atoms with Crippen LogP contribution in [0.4, 0.5) is 0 Å². The first-order chi connectivity index (χ1) is 20.9. The maximum Gasteiger partial charge on any atom is 0.326 e. The minimum Gasteiger partial charge on any atom is -0.618 e. The zero-order chi connectivity index (χ0) is 31.5. The predicted octanol–water partition coefficient (Wildman–Crippen LogP) is 5.97. The second kappa shape index (κ2) is 24.3. The average Bonchev–Trinajstić information content (AvgIpc) is 2.98. The first-order valence-corrected chi connectivity index (χ1v) is 15.1. The van der Waals surface area contributed by atoms with Crippen LogP contribution in [-0.2, 0) is 9.59 Å². The Balaban J connectivity index is 2.14. The quantitative estimate of drug-likeness (QED) is 0.0657. The molecular formula is C34H48N4O5. The summed E-state index contributed by atoms with van der Waals surface area (Å²) in [6.45, 7) is 3.95. The summed E-state index contributed by atoms with van der Waals surface area (Å²) in [6, 6.07) is -0.981. The summed E-state index contributed by atoms with van der Waals surface area (Å²) in [6.07, 6.45) is 35.6. The second-order valence-corrected chi connectivity index (χ2v) is 9.85. The smallest absolute Gasteiger partial charge is 0.326 e. The lowest BCUT2D eigenvalue weighted by Crippen LogP contribution is -2.40. The Kier molecular flexibility index (Phi) is 20.8. The van der Waals surface area contributed by atoms with E-state index in [0.29, 0.717) is 30.5 Å². The van der Waals surface area contributed by atoms with Crippen LogP contribution in [0.5, 0.6) is 0 Å². The maximum absolute atomic E-state index is 12.2. The number of aromatic nitrogens is 2. The van der Waals surface area contributed by atoms with Gasteiger partial charge in [-0.3, -0.25) is 9.59 Å². The molecule has 1 aromatic rings. The molecule has 0 aliphatic carbocycles. The van der Waals surface area contributed by atoms with E-state index in [1.54, 1.807) is 0 Å². The van der Waals surface area contributed by atoms with Crippen LogP contribution in [0.3, 0.4) is 0 Å². The normalized spacial score (nSPS) is 12.9. The van der Waals surface area contributed by atoms with Crippen molar-refractivity contribution in [2.45, 2.75) is 90.5 Å². The summed E-state index contributed by atoms with van der Waals surface area (Å²) in [5, 5.41) is 26.3. The molecular weight excluding hydrogens is 544 g/mol. The van der Waals surface area contributed by atoms with Gasteiger partial charge in [-0.1, -0.05) is 79.8 Å². The van der Waals surface area contributed by atoms with Gasteiger partial charge in [0.15, 0.2) is 11.9 Å². The Labute approximate surface area is 256 Å². The van der Waals surface area contributed by atoms with E-state index >= 15 is 0 Å². The van der Waals surface area contributed by atoms with Crippen molar-refractivity contribution in [1.29, 1.82) is 0 Å². The summed E-state index contributed by atoms with van der Waals surface area (Å²) < 4.78 is 0.574. The monoisotopic (exact) mass is 592 g/mol. The van der Waals surface area contributed by atoms with Crippen molar-refractivity contribution in [3.05, 3.63) is 102 Å². The van der Waals surface area contributed by atoms with Crippen molar-refractivity contribution in [1.82, 2.24) is 15.6 Å². The number of hydrogen-bond donors (Lipinski definition) is 3.